The van der Waals surface area contributed by atoms with E-state index in [1.807, 2.05) is 0 Å². The van der Waals surface area contributed by atoms with Gasteiger partial charge in [-0.05, 0) is 87.3 Å². The first-order valence-electron chi connectivity index (χ1n) is 14.0. The van der Waals surface area contributed by atoms with Gasteiger partial charge in [0.05, 0.1) is 23.1 Å². The van der Waals surface area contributed by atoms with E-state index in [0.717, 1.165) is 12.8 Å². The normalized spacial score (nSPS) is 14.6. The van der Waals surface area contributed by atoms with E-state index in [-0.39, 0.29) is 18.4 Å². The monoisotopic (exact) mass is 580 g/mol. The van der Waals surface area contributed by atoms with Gasteiger partial charge in [-0.15, -0.1) is 0 Å². The second-order valence-electron chi connectivity index (χ2n) is 10.3. The van der Waals surface area contributed by atoms with Crippen LogP contribution in [0.3, 0.4) is 0 Å². The van der Waals surface area contributed by atoms with Crippen LogP contribution < -0.4 is 20.7 Å². The highest BCUT2D eigenvalue weighted by Gasteiger charge is 2.41. The molecule has 1 saturated heterocycles. The van der Waals surface area contributed by atoms with Crippen molar-refractivity contribution in [2.24, 2.45) is 12.8 Å². The second kappa shape index (κ2) is 12.7. The summed E-state index contributed by atoms with van der Waals surface area (Å²) in [4.78, 5) is 50.7. The molecule has 4 amide bonds. The number of nitriles is 1. The number of unbranched alkanes of at least 4 members (excludes halogenated alkanes) is 1. The predicted octanol–water partition coefficient (Wildman–Crippen LogP) is 4.04. The Morgan fingerprint density at radius 2 is 1.81 bits per heavy atom. The highest BCUT2D eigenvalue weighted by molar-refractivity contribution is 6.12. The quantitative estimate of drug-likeness (QED) is 0.199. The van der Waals surface area contributed by atoms with Gasteiger partial charge in [-0.1, -0.05) is 0 Å². The standard InChI is InChI=1S/C31H32N8O4/c1-20(29-36-26-11-6-21(17-27(26)37(29)2)30(41)35-22(18-33)5-3-4-14-32)39-28(40)19-38(31(39)42)23-7-9-24(10-8-23)43-25-12-15-34-16-13-25/h6-13,15-17,20,22H,3-5,14,19,32H2,1-2H3,(H,35,41)/t20-,22+/m1/s1. The third kappa shape index (κ3) is 6.17. The number of imidazole rings is 1. The Morgan fingerprint density at radius 3 is 2.51 bits per heavy atom. The summed E-state index contributed by atoms with van der Waals surface area (Å²) in [5.41, 5.74) is 7.74. The second-order valence-corrected chi connectivity index (χ2v) is 10.3. The number of benzene rings is 2. The van der Waals surface area contributed by atoms with Gasteiger partial charge < -0.3 is 20.4 Å². The molecule has 0 unspecified atom stereocenters. The van der Waals surface area contributed by atoms with Gasteiger partial charge in [-0.3, -0.25) is 24.4 Å². The van der Waals surface area contributed by atoms with Gasteiger partial charge in [0.25, 0.3) is 11.8 Å². The Labute approximate surface area is 248 Å². The number of imide groups is 1. The number of ether oxygens (including phenoxy) is 1. The number of carbonyl (C=O) groups excluding carboxylic acids is 3. The van der Waals surface area contributed by atoms with Crippen molar-refractivity contribution in [3.8, 4) is 17.6 Å². The molecular formula is C31H32N8O4. The number of anilines is 1. The molecule has 3 N–H and O–H groups in total. The third-order valence-corrected chi connectivity index (χ3v) is 7.38. The summed E-state index contributed by atoms with van der Waals surface area (Å²) < 4.78 is 7.57. The average molecular weight is 581 g/mol. The largest absolute Gasteiger partial charge is 0.457 e. The summed E-state index contributed by atoms with van der Waals surface area (Å²) in [6, 6.07) is 15.8. The lowest BCUT2D eigenvalue weighted by Crippen LogP contribution is -2.36. The van der Waals surface area contributed by atoms with E-state index < -0.39 is 18.1 Å². The van der Waals surface area contributed by atoms with Crippen molar-refractivity contribution in [1.29, 1.82) is 5.26 Å². The molecule has 3 heterocycles. The van der Waals surface area contributed by atoms with Gasteiger partial charge in [0.15, 0.2) is 0 Å². The van der Waals surface area contributed by atoms with E-state index in [4.69, 9.17) is 10.5 Å². The van der Waals surface area contributed by atoms with Crippen molar-refractivity contribution in [3.63, 3.8) is 0 Å². The van der Waals surface area contributed by atoms with Crippen LogP contribution in [0.1, 0.15) is 48.4 Å². The Kier molecular flexibility index (Phi) is 8.64. The molecule has 2 aromatic carbocycles. The first-order chi connectivity index (χ1) is 20.8. The van der Waals surface area contributed by atoms with E-state index in [1.165, 1.54) is 9.80 Å². The number of pyridine rings is 1. The summed E-state index contributed by atoms with van der Waals surface area (Å²) in [6.07, 6.45) is 5.31. The van der Waals surface area contributed by atoms with Crippen molar-refractivity contribution in [2.45, 2.75) is 38.3 Å². The molecule has 0 aliphatic carbocycles. The Morgan fingerprint density at radius 1 is 1.09 bits per heavy atom. The average Bonchev–Trinajstić information content (AvgIpc) is 3.51. The zero-order valence-electron chi connectivity index (χ0n) is 23.9. The van der Waals surface area contributed by atoms with Gasteiger partial charge in [0.2, 0.25) is 0 Å². The highest BCUT2D eigenvalue weighted by Crippen LogP contribution is 2.31. The van der Waals surface area contributed by atoms with E-state index in [9.17, 15) is 19.6 Å². The fraction of sp³-hybridized carbons (Fsp3) is 0.290. The van der Waals surface area contributed by atoms with Crippen LogP contribution in [0.4, 0.5) is 10.5 Å². The van der Waals surface area contributed by atoms with Crippen LogP contribution in [0.5, 0.6) is 11.5 Å². The number of hydrogen-bond acceptors (Lipinski definition) is 8. The fourth-order valence-electron chi connectivity index (χ4n) is 5.08. The molecule has 1 fully saturated rings. The summed E-state index contributed by atoms with van der Waals surface area (Å²) >= 11 is 0. The molecule has 1 aliphatic heterocycles. The smallest absolute Gasteiger partial charge is 0.332 e. The van der Waals surface area contributed by atoms with Crippen LogP contribution in [-0.4, -0.2) is 56.4 Å². The molecule has 0 saturated carbocycles. The van der Waals surface area contributed by atoms with Crippen molar-refractivity contribution in [2.75, 3.05) is 18.0 Å². The molecule has 220 valence electrons. The molecule has 5 rings (SSSR count). The first-order valence-corrected chi connectivity index (χ1v) is 14.0. The topological polar surface area (TPSA) is 159 Å². The Balaban J connectivity index is 1.30. The molecule has 12 nitrogen and oxygen atoms in total. The number of aromatic nitrogens is 3. The number of carbonyl (C=O) groups is 3. The highest BCUT2D eigenvalue weighted by atomic mass is 16.5. The van der Waals surface area contributed by atoms with Crippen LogP contribution in [0.25, 0.3) is 11.0 Å². The molecule has 2 atom stereocenters. The van der Waals surface area contributed by atoms with Gasteiger partial charge in [-0.25, -0.2) is 9.78 Å². The van der Waals surface area contributed by atoms with Crippen LogP contribution in [-0.2, 0) is 11.8 Å². The molecule has 12 heteroatoms. The summed E-state index contributed by atoms with van der Waals surface area (Å²) in [5.74, 6) is 0.998. The van der Waals surface area contributed by atoms with Crippen LogP contribution in [0, 0.1) is 11.3 Å². The molecule has 0 bridgehead atoms. The lowest BCUT2D eigenvalue weighted by Gasteiger charge is -2.23. The maximum atomic E-state index is 13.5. The molecule has 0 spiro atoms. The molecule has 2 aromatic heterocycles. The van der Waals surface area contributed by atoms with Gasteiger partial charge in [0, 0.05) is 30.7 Å². The fourth-order valence-corrected chi connectivity index (χ4v) is 5.08. The van der Waals surface area contributed by atoms with E-state index in [1.54, 1.807) is 85.5 Å². The predicted molar refractivity (Wildman–Crippen MR) is 159 cm³/mol. The van der Waals surface area contributed by atoms with Crippen molar-refractivity contribution in [3.05, 3.63) is 78.4 Å². The Hall–Kier alpha value is -5.28. The van der Waals surface area contributed by atoms with Crippen LogP contribution in [0.2, 0.25) is 0 Å². The molecular weight excluding hydrogens is 548 g/mol. The van der Waals surface area contributed by atoms with Crippen LogP contribution >= 0.6 is 0 Å². The number of amides is 4. The summed E-state index contributed by atoms with van der Waals surface area (Å²) in [7, 11) is 1.78. The minimum Gasteiger partial charge on any atom is -0.457 e. The molecule has 0 radical (unpaired) electrons. The number of aryl methyl sites for hydroxylation is 1. The number of nitrogens with two attached hydrogens (primary N) is 1. The van der Waals surface area contributed by atoms with Crippen molar-refractivity contribution in [1.82, 2.24) is 24.8 Å². The van der Waals surface area contributed by atoms with Gasteiger partial charge in [-0.2, -0.15) is 5.26 Å². The molecule has 1 aliphatic rings. The summed E-state index contributed by atoms with van der Waals surface area (Å²) in [6.45, 7) is 2.18. The summed E-state index contributed by atoms with van der Waals surface area (Å²) in [5, 5.41) is 12.2. The molecule has 4 aromatic rings. The SMILES string of the molecule is C[C@H](c1nc2ccc(C(=O)N[C@H](C#N)CCCCN)cc2n1C)N1C(=O)CN(c2ccc(Oc3ccncc3)cc2)C1=O. The van der Waals surface area contributed by atoms with Gasteiger partial charge >= 0.3 is 6.03 Å². The molecule has 43 heavy (non-hydrogen) atoms. The minimum atomic E-state index is -0.667. The number of rotatable bonds is 11. The third-order valence-electron chi connectivity index (χ3n) is 7.38. The van der Waals surface area contributed by atoms with Crippen molar-refractivity contribution >= 4 is 34.6 Å². The maximum Gasteiger partial charge on any atom is 0.332 e. The number of urea groups is 1. The number of hydrogen-bond donors (Lipinski definition) is 2. The maximum absolute atomic E-state index is 13.5. The van der Waals surface area contributed by atoms with E-state index in [0.29, 0.717) is 52.6 Å². The zero-order valence-corrected chi connectivity index (χ0v) is 23.9. The Bertz CT molecular complexity index is 1680. The minimum absolute atomic E-state index is 0.104. The zero-order chi connectivity index (χ0) is 30.5. The van der Waals surface area contributed by atoms with E-state index in [2.05, 4.69) is 21.4 Å². The van der Waals surface area contributed by atoms with Gasteiger partial charge in [0.1, 0.15) is 29.9 Å². The van der Waals surface area contributed by atoms with E-state index >= 15 is 0 Å². The number of nitrogens with zero attached hydrogens (tertiary/aromatic N) is 6. The van der Waals surface area contributed by atoms with Crippen molar-refractivity contribution < 1.29 is 19.1 Å². The lowest BCUT2D eigenvalue weighted by atomic mass is 10.1. The number of fused-ring (bicyclic) bond motifs is 1. The lowest BCUT2D eigenvalue weighted by molar-refractivity contribution is -0.126. The first kappa shape index (κ1) is 29.2. The van der Waals surface area contributed by atoms with Crippen LogP contribution in [0.15, 0.2) is 67.0 Å². The number of nitrogens with one attached hydrogen (secondary N) is 1.